The maximum atomic E-state index is 13.8. The van der Waals surface area contributed by atoms with Gasteiger partial charge in [0, 0.05) is 6.54 Å². The van der Waals surface area contributed by atoms with Crippen molar-refractivity contribution < 1.29 is 23.0 Å². The molecule has 1 N–H and O–H groups in total. The summed E-state index contributed by atoms with van der Waals surface area (Å²) in [5.41, 5.74) is 0. The molecule has 0 bridgehead atoms. The van der Waals surface area contributed by atoms with Crippen LogP contribution in [-0.2, 0) is 10.0 Å². The van der Waals surface area contributed by atoms with Gasteiger partial charge in [0.1, 0.15) is 23.1 Å². The van der Waals surface area contributed by atoms with E-state index in [2.05, 4.69) is 9.97 Å². The number of anilines is 1. The SMILES string of the molecule is COc1ccccc1Sc1c(OCCO)nc(C)nc1N(CC(C)C)S(=O)(=O)c1ccccc1. The molecule has 0 saturated carbocycles. The third-order valence-corrected chi connectivity index (χ3v) is 7.53. The number of rotatable bonds is 11. The van der Waals surface area contributed by atoms with Crippen LogP contribution in [0.25, 0.3) is 0 Å². The fraction of sp³-hybridized carbons (Fsp3) is 0.333. The number of aliphatic hydroxyl groups is 1. The number of sulfonamides is 1. The molecular formula is C24H29N3O5S2. The monoisotopic (exact) mass is 503 g/mol. The number of aryl methyl sites for hydroxylation is 1. The summed E-state index contributed by atoms with van der Waals surface area (Å²) in [5.74, 6) is 1.40. The zero-order valence-electron chi connectivity index (χ0n) is 19.6. The molecule has 2 aromatic carbocycles. The highest BCUT2D eigenvalue weighted by molar-refractivity contribution is 7.99. The van der Waals surface area contributed by atoms with Crippen LogP contribution in [0.1, 0.15) is 19.7 Å². The Morgan fingerprint density at radius 2 is 1.74 bits per heavy atom. The lowest BCUT2D eigenvalue weighted by atomic mass is 10.2. The quantitative estimate of drug-likeness (QED) is 0.416. The second-order valence-corrected chi connectivity index (χ2v) is 10.7. The zero-order chi connectivity index (χ0) is 24.7. The molecule has 0 amide bonds. The van der Waals surface area contributed by atoms with E-state index in [0.29, 0.717) is 16.5 Å². The summed E-state index contributed by atoms with van der Waals surface area (Å²) in [7, 11) is -2.37. The van der Waals surface area contributed by atoms with Crippen LogP contribution in [-0.4, -0.2) is 50.4 Å². The minimum absolute atomic E-state index is 0.00495. The van der Waals surface area contributed by atoms with Crippen LogP contribution < -0.4 is 13.8 Å². The second kappa shape index (κ2) is 11.5. The summed E-state index contributed by atoms with van der Waals surface area (Å²) in [4.78, 5) is 10.3. The number of ether oxygens (including phenoxy) is 2. The molecule has 0 aliphatic carbocycles. The van der Waals surface area contributed by atoms with Gasteiger partial charge in [-0.3, -0.25) is 0 Å². The fourth-order valence-electron chi connectivity index (χ4n) is 3.18. The van der Waals surface area contributed by atoms with Crippen molar-refractivity contribution in [3.63, 3.8) is 0 Å². The van der Waals surface area contributed by atoms with Crippen molar-refractivity contribution >= 4 is 27.6 Å². The van der Waals surface area contributed by atoms with Gasteiger partial charge in [-0.25, -0.2) is 17.7 Å². The van der Waals surface area contributed by atoms with Gasteiger partial charge in [0.05, 0.1) is 23.5 Å². The summed E-state index contributed by atoms with van der Waals surface area (Å²) < 4.78 is 40.1. The van der Waals surface area contributed by atoms with E-state index in [4.69, 9.17) is 9.47 Å². The Morgan fingerprint density at radius 1 is 1.06 bits per heavy atom. The van der Waals surface area contributed by atoms with E-state index in [1.807, 2.05) is 38.1 Å². The van der Waals surface area contributed by atoms with Gasteiger partial charge in [-0.15, -0.1) is 0 Å². The Labute approximate surface area is 205 Å². The maximum Gasteiger partial charge on any atom is 0.265 e. The van der Waals surface area contributed by atoms with Gasteiger partial charge in [0.15, 0.2) is 5.82 Å². The molecule has 3 rings (SSSR count). The third kappa shape index (κ3) is 5.99. The van der Waals surface area contributed by atoms with Gasteiger partial charge in [-0.05, 0) is 37.1 Å². The molecule has 1 aromatic heterocycles. The van der Waals surface area contributed by atoms with E-state index in [0.717, 1.165) is 4.90 Å². The van der Waals surface area contributed by atoms with Crippen molar-refractivity contribution in [1.82, 2.24) is 9.97 Å². The molecule has 1 heterocycles. The van der Waals surface area contributed by atoms with Crippen LogP contribution in [0.5, 0.6) is 11.6 Å². The Kier molecular flexibility index (Phi) is 8.76. The molecule has 0 atom stereocenters. The normalized spacial score (nSPS) is 11.5. The molecule has 10 heteroatoms. The molecule has 0 fully saturated rings. The fourth-order valence-corrected chi connectivity index (χ4v) is 5.91. The minimum Gasteiger partial charge on any atom is -0.496 e. The Hall–Kier alpha value is -2.82. The van der Waals surface area contributed by atoms with E-state index in [1.54, 1.807) is 44.4 Å². The molecule has 8 nitrogen and oxygen atoms in total. The molecule has 34 heavy (non-hydrogen) atoms. The van der Waals surface area contributed by atoms with Crippen LogP contribution in [0.2, 0.25) is 0 Å². The highest BCUT2D eigenvalue weighted by Gasteiger charge is 2.31. The van der Waals surface area contributed by atoms with Crippen LogP contribution in [0.3, 0.4) is 0 Å². The zero-order valence-corrected chi connectivity index (χ0v) is 21.3. The van der Waals surface area contributed by atoms with Gasteiger partial charge in [-0.1, -0.05) is 55.9 Å². The predicted molar refractivity (Wildman–Crippen MR) is 132 cm³/mol. The topological polar surface area (TPSA) is 102 Å². The van der Waals surface area contributed by atoms with Crippen molar-refractivity contribution in [1.29, 1.82) is 0 Å². The lowest BCUT2D eigenvalue weighted by Crippen LogP contribution is -2.35. The van der Waals surface area contributed by atoms with Crippen LogP contribution in [0.15, 0.2) is 69.3 Å². The van der Waals surface area contributed by atoms with Gasteiger partial charge in [0.25, 0.3) is 10.0 Å². The van der Waals surface area contributed by atoms with Crippen LogP contribution in [0.4, 0.5) is 5.82 Å². The van der Waals surface area contributed by atoms with Crippen molar-refractivity contribution in [2.24, 2.45) is 5.92 Å². The number of hydrogen-bond donors (Lipinski definition) is 1. The summed E-state index contributed by atoms with van der Waals surface area (Å²) in [5, 5.41) is 9.33. The summed E-state index contributed by atoms with van der Waals surface area (Å²) in [6.45, 7) is 5.55. The highest BCUT2D eigenvalue weighted by Crippen LogP contribution is 2.44. The minimum atomic E-state index is -3.94. The number of benzene rings is 2. The van der Waals surface area contributed by atoms with Crippen LogP contribution >= 0.6 is 11.8 Å². The van der Waals surface area contributed by atoms with E-state index in [-0.39, 0.29) is 42.3 Å². The Morgan fingerprint density at radius 3 is 2.38 bits per heavy atom. The first-order chi connectivity index (χ1) is 16.3. The summed E-state index contributed by atoms with van der Waals surface area (Å²) in [6, 6.07) is 15.7. The number of para-hydroxylation sites is 1. The van der Waals surface area contributed by atoms with E-state index < -0.39 is 10.0 Å². The number of aliphatic hydroxyl groups excluding tert-OH is 1. The average Bonchev–Trinajstić information content (AvgIpc) is 2.83. The summed E-state index contributed by atoms with van der Waals surface area (Å²) >= 11 is 1.26. The molecule has 0 aliphatic rings. The molecule has 0 saturated heterocycles. The van der Waals surface area contributed by atoms with Gasteiger partial charge < -0.3 is 14.6 Å². The lowest BCUT2D eigenvalue weighted by Gasteiger charge is -2.28. The number of hydrogen-bond acceptors (Lipinski definition) is 8. The van der Waals surface area contributed by atoms with Gasteiger partial charge >= 0.3 is 0 Å². The number of methoxy groups -OCH3 is 1. The van der Waals surface area contributed by atoms with E-state index in [9.17, 15) is 13.5 Å². The van der Waals surface area contributed by atoms with Crippen LogP contribution in [0, 0.1) is 12.8 Å². The largest absolute Gasteiger partial charge is 0.496 e. The number of aromatic nitrogens is 2. The molecule has 182 valence electrons. The first-order valence-electron chi connectivity index (χ1n) is 10.8. The first-order valence-corrected chi connectivity index (χ1v) is 13.0. The first kappa shape index (κ1) is 25.8. The maximum absolute atomic E-state index is 13.8. The molecule has 0 unspecified atom stereocenters. The lowest BCUT2D eigenvalue weighted by molar-refractivity contribution is 0.193. The van der Waals surface area contributed by atoms with Crippen molar-refractivity contribution in [3.05, 3.63) is 60.4 Å². The number of nitrogens with zero attached hydrogens (tertiary/aromatic N) is 3. The smallest absolute Gasteiger partial charge is 0.265 e. The van der Waals surface area contributed by atoms with E-state index in [1.165, 1.54) is 16.1 Å². The van der Waals surface area contributed by atoms with Crippen molar-refractivity contribution in [2.75, 3.05) is 31.2 Å². The van der Waals surface area contributed by atoms with E-state index >= 15 is 0 Å². The Bertz CT molecular complexity index is 1200. The predicted octanol–water partition coefficient (Wildman–Crippen LogP) is 4.17. The van der Waals surface area contributed by atoms with Gasteiger partial charge in [-0.2, -0.15) is 4.98 Å². The highest BCUT2D eigenvalue weighted by atomic mass is 32.2. The third-order valence-electron chi connectivity index (χ3n) is 4.64. The Balaban J connectivity index is 2.25. The molecule has 3 aromatic rings. The van der Waals surface area contributed by atoms with Crippen molar-refractivity contribution in [3.8, 4) is 11.6 Å². The van der Waals surface area contributed by atoms with Crippen molar-refractivity contribution in [2.45, 2.75) is 35.5 Å². The molecular weight excluding hydrogens is 474 g/mol. The second-order valence-electron chi connectivity index (χ2n) is 7.80. The molecule has 0 radical (unpaired) electrons. The van der Waals surface area contributed by atoms with Gasteiger partial charge in [0.2, 0.25) is 5.88 Å². The molecule has 0 aliphatic heterocycles. The summed E-state index contributed by atoms with van der Waals surface area (Å²) in [6.07, 6.45) is 0. The standard InChI is InChI=1S/C24H29N3O5S2/c1-17(2)16-27(34(29,30)19-10-6-5-7-11-19)23-22(24(32-15-14-28)26-18(3)25-23)33-21-13-9-8-12-20(21)31-4/h5-13,17,28H,14-16H2,1-4H3. The molecule has 0 spiro atoms. The average molecular weight is 504 g/mol.